The second-order valence-electron chi connectivity index (χ2n) is 5.32. The highest BCUT2D eigenvalue weighted by molar-refractivity contribution is 5.71. The summed E-state index contributed by atoms with van der Waals surface area (Å²) in [5.74, 6) is 0.693. The van der Waals surface area contributed by atoms with Crippen molar-refractivity contribution in [3.05, 3.63) is 60.7 Å². The Morgan fingerprint density at radius 2 is 1.31 bits per heavy atom. The first-order valence-corrected chi connectivity index (χ1v) is 7.74. The topological polar surface area (TPSA) is 106 Å². The molecule has 0 fully saturated rings. The highest BCUT2D eigenvalue weighted by atomic mass is 16.6. The lowest BCUT2D eigenvalue weighted by molar-refractivity contribution is 0.308. The second kappa shape index (κ2) is 6.93. The Morgan fingerprint density at radius 1 is 0.731 bits per heavy atom. The first-order valence-electron chi connectivity index (χ1n) is 7.74. The lowest BCUT2D eigenvalue weighted by Crippen LogP contribution is -2.08. The molecule has 0 bridgehead atoms. The summed E-state index contributed by atoms with van der Waals surface area (Å²) >= 11 is 0. The third-order valence-electron chi connectivity index (χ3n) is 3.62. The van der Waals surface area contributed by atoms with Crippen molar-refractivity contribution in [2.24, 2.45) is 10.3 Å². The molecule has 0 aliphatic carbocycles. The van der Waals surface area contributed by atoms with Crippen LogP contribution in [0.1, 0.15) is 0 Å². The molecule has 0 radical (unpaired) electrons. The van der Waals surface area contributed by atoms with Gasteiger partial charge < -0.3 is 0 Å². The van der Waals surface area contributed by atoms with Gasteiger partial charge >= 0.3 is 0 Å². The SMILES string of the molecule is CN(N=Nc1nonc1-c1ccccc1)c1nonc1-c1ccccc1. The van der Waals surface area contributed by atoms with Gasteiger partial charge in [0.25, 0.3) is 0 Å². The largest absolute Gasteiger partial charge is 0.247 e. The van der Waals surface area contributed by atoms with Crippen LogP contribution in [0, 0.1) is 0 Å². The molecule has 4 aromatic rings. The van der Waals surface area contributed by atoms with Crippen molar-refractivity contribution >= 4 is 11.6 Å². The van der Waals surface area contributed by atoms with Crippen LogP contribution < -0.4 is 5.01 Å². The van der Waals surface area contributed by atoms with E-state index in [0.717, 1.165) is 11.1 Å². The zero-order valence-corrected chi connectivity index (χ0v) is 13.7. The summed E-state index contributed by atoms with van der Waals surface area (Å²) in [5, 5.41) is 25.2. The van der Waals surface area contributed by atoms with Crippen LogP contribution in [0.3, 0.4) is 0 Å². The first-order chi connectivity index (χ1) is 12.8. The van der Waals surface area contributed by atoms with E-state index in [-0.39, 0.29) is 5.82 Å². The van der Waals surface area contributed by atoms with Crippen LogP contribution in [0.25, 0.3) is 22.5 Å². The third kappa shape index (κ3) is 3.05. The third-order valence-corrected chi connectivity index (χ3v) is 3.62. The lowest BCUT2D eigenvalue weighted by atomic mass is 10.1. The van der Waals surface area contributed by atoms with Crippen molar-refractivity contribution in [1.82, 2.24) is 20.6 Å². The van der Waals surface area contributed by atoms with Crippen LogP contribution >= 0.6 is 0 Å². The molecule has 0 atom stereocenters. The van der Waals surface area contributed by atoms with E-state index < -0.39 is 0 Å². The van der Waals surface area contributed by atoms with Gasteiger partial charge in [-0.2, -0.15) is 0 Å². The first kappa shape index (κ1) is 15.6. The monoisotopic (exact) mass is 347 g/mol. The maximum Gasteiger partial charge on any atom is 0.247 e. The van der Waals surface area contributed by atoms with Crippen molar-refractivity contribution in [1.29, 1.82) is 0 Å². The number of hydrogen-bond donors (Lipinski definition) is 0. The fourth-order valence-corrected chi connectivity index (χ4v) is 2.35. The Labute approximate surface area is 147 Å². The van der Waals surface area contributed by atoms with E-state index in [1.54, 1.807) is 7.05 Å². The van der Waals surface area contributed by atoms with Gasteiger partial charge in [0.15, 0.2) is 11.4 Å². The Kier molecular flexibility index (Phi) is 4.17. The van der Waals surface area contributed by atoms with Gasteiger partial charge in [-0.3, -0.25) is 0 Å². The van der Waals surface area contributed by atoms with Crippen molar-refractivity contribution in [3.8, 4) is 22.5 Å². The predicted octanol–water partition coefficient (Wildman–Crippen LogP) is 3.92. The molecule has 0 saturated carbocycles. The van der Waals surface area contributed by atoms with E-state index in [2.05, 4.69) is 31.0 Å². The normalized spacial score (nSPS) is 11.1. The summed E-state index contributed by atoms with van der Waals surface area (Å²) in [5.41, 5.74) is 2.76. The van der Waals surface area contributed by atoms with Gasteiger partial charge in [0.2, 0.25) is 11.6 Å². The summed E-state index contributed by atoms with van der Waals surface area (Å²) in [4.78, 5) is 0. The average molecular weight is 347 g/mol. The zero-order valence-electron chi connectivity index (χ0n) is 13.7. The average Bonchev–Trinajstić information content (AvgIpc) is 3.37. The predicted molar refractivity (Wildman–Crippen MR) is 92.4 cm³/mol. The van der Waals surface area contributed by atoms with Crippen LogP contribution in [-0.2, 0) is 0 Å². The molecule has 0 spiro atoms. The fraction of sp³-hybridized carbons (Fsp3) is 0.0588. The maximum absolute atomic E-state index is 4.86. The number of benzene rings is 2. The van der Waals surface area contributed by atoms with Gasteiger partial charge in [-0.05, 0) is 20.6 Å². The van der Waals surface area contributed by atoms with E-state index in [9.17, 15) is 0 Å². The molecule has 0 aliphatic heterocycles. The van der Waals surface area contributed by atoms with Crippen LogP contribution in [0.15, 0.2) is 80.3 Å². The van der Waals surface area contributed by atoms with Crippen LogP contribution in [0.4, 0.5) is 11.6 Å². The molecule has 0 unspecified atom stereocenters. The smallest absolute Gasteiger partial charge is 0.242 e. The summed E-state index contributed by atoms with van der Waals surface area (Å²) in [6.07, 6.45) is 0. The Hall–Kier alpha value is -3.88. The fourth-order valence-electron chi connectivity index (χ4n) is 2.35. The van der Waals surface area contributed by atoms with Crippen LogP contribution in [-0.4, -0.2) is 27.7 Å². The van der Waals surface area contributed by atoms with E-state index in [0.29, 0.717) is 17.2 Å². The van der Waals surface area contributed by atoms with Crippen molar-refractivity contribution in [2.45, 2.75) is 0 Å². The van der Waals surface area contributed by atoms with Crippen LogP contribution in [0.5, 0.6) is 0 Å². The van der Waals surface area contributed by atoms with Crippen molar-refractivity contribution in [2.75, 3.05) is 12.1 Å². The molecule has 0 saturated heterocycles. The van der Waals surface area contributed by atoms with Gasteiger partial charge in [-0.25, -0.2) is 14.3 Å². The van der Waals surface area contributed by atoms with Gasteiger partial charge in [-0.15, -0.1) is 5.11 Å². The molecule has 0 N–H and O–H groups in total. The Balaban J connectivity index is 1.60. The number of nitrogens with zero attached hydrogens (tertiary/aromatic N) is 7. The summed E-state index contributed by atoms with van der Waals surface area (Å²) in [6, 6.07) is 19.0. The lowest BCUT2D eigenvalue weighted by Gasteiger charge is -2.07. The Bertz CT molecular complexity index is 1010. The molecule has 26 heavy (non-hydrogen) atoms. The van der Waals surface area contributed by atoms with Gasteiger partial charge in [0.05, 0.1) is 0 Å². The summed E-state index contributed by atoms with van der Waals surface area (Å²) in [6.45, 7) is 0. The molecular weight excluding hydrogens is 334 g/mol. The molecular formula is C17H13N7O2. The molecule has 9 nitrogen and oxygen atoms in total. The molecule has 9 heteroatoms. The molecule has 4 rings (SSSR count). The molecule has 0 amide bonds. The highest BCUT2D eigenvalue weighted by Crippen LogP contribution is 2.29. The quantitative estimate of drug-likeness (QED) is 0.398. The molecule has 2 aromatic heterocycles. The maximum atomic E-state index is 4.86. The number of aromatic nitrogens is 4. The zero-order chi connectivity index (χ0) is 17.8. The minimum Gasteiger partial charge on any atom is -0.242 e. The molecule has 2 aromatic carbocycles. The summed E-state index contributed by atoms with van der Waals surface area (Å²) in [7, 11) is 1.69. The highest BCUT2D eigenvalue weighted by Gasteiger charge is 2.17. The van der Waals surface area contributed by atoms with Gasteiger partial charge in [-0.1, -0.05) is 65.9 Å². The minimum absolute atomic E-state index is 0.265. The molecule has 0 aliphatic rings. The molecule has 128 valence electrons. The Morgan fingerprint density at radius 3 is 2.00 bits per heavy atom. The van der Waals surface area contributed by atoms with Gasteiger partial charge in [0, 0.05) is 18.2 Å². The van der Waals surface area contributed by atoms with E-state index in [4.69, 9.17) is 9.26 Å². The molecule has 2 heterocycles. The standard InChI is InChI=1S/C17H13N7O2/c1-24(17-15(20-26-22-17)13-10-6-3-7-11-13)23-18-16-14(19-25-21-16)12-8-4-2-5-9-12/h2-11H,1H3. The summed E-state index contributed by atoms with van der Waals surface area (Å²) < 4.78 is 9.66. The minimum atomic E-state index is 0.265. The van der Waals surface area contributed by atoms with Gasteiger partial charge in [0.1, 0.15) is 0 Å². The van der Waals surface area contributed by atoms with Crippen molar-refractivity contribution in [3.63, 3.8) is 0 Å². The van der Waals surface area contributed by atoms with E-state index in [1.807, 2.05) is 60.7 Å². The van der Waals surface area contributed by atoms with E-state index in [1.165, 1.54) is 5.01 Å². The number of anilines is 1. The van der Waals surface area contributed by atoms with E-state index >= 15 is 0 Å². The van der Waals surface area contributed by atoms with Crippen LogP contribution in [0.2, 0.25) is 0 Å². The second-order valence-corrected chi connectivity index (χ2v) is 5.32. The van der Waals surface area contributed by atoms with Crippen molar-refractivity contribution < 1.29 is 9.26 Å². The number of rotatable bonds is 5. The number of hydrogen-bond acceptors (Lipinski definition) is 8.